The van der Waals surface area contributed by atoms with Crippen molar-refractivity contribution in [3.8, 4) is 0 Å². The van der Waals surface area contributed by atoms with E-state index in [0.29, 0.717) is 18.3 Å². The summed E-state index contributed by atoms with van der Waals surface area (Å²) < 4.78 is 0. The van der Waals surface area contributed by atoms with E-state index in [4.69, 9.17) is 0 Å². The summed E-state index contributed by atoms with van der Waals surface area (Å²) in [6.07, 6.45) is 7.89. The van der Waals surface area contributed by atoms with E-state index >= 15 is 0 Å². The van der Waals surface area contributed by atoms with Gasteiger partial charge in [0.1, 0.15) is 0 Å². The molecule has 0 bridgehead atoms. The van der Waals surface area contributed by atoms with Crippen LogP contribution in [0.4, 0.5) is 0 Å². The summed E-state index contributed by atoms with van der Waals surface area (Å²) >= 11 is 1.61. The molecular weight excluding hydrogens is 260 g/mol. The van der Waals surface area contributed by atoms with Gasteiger partial charge in [0.2, 0.25) is 5.91 Å². The van der Waals surface area contributed by atoms with E-state index in [1.54, 1.807) is 18.7 Å². The molecule has 0 aliphatic heterocycles. The Hall–Kier alpha value is -0.260. The lowest BCUT2D eigenvalue weighted by Gasteiger charge is -2.27. The highest BCUT2D eigenvalue weighted by Crippen LogP contribution is 2.17. The number of amides is 1. The van der Waals surface area contributed by atoms with Crippen LogP contribution in [-0.2, 0) is 4.79 Å². The maximum Gasteiger partial charge on any atom is 0.237 e. The molecule has 1 amide bonds. The fourth-order valence-electron chi connectivity index (χ4n) is 2.40. The molecule has 0 spiro atoms. The van der Waals surface area contributed by atoms with Crippen molar-refractivity contribution < 1.29 is 9.90 Å². The van der Waals surface area contributed by atoms with E-state index in [0.717, 1.165) is 12.8 Å². The van der Waals surface area contributed by atoms with Crippen LogP contribution in [-0.4, -0.2) is 47.3 Å². The Balaban J connectivity index is 2.27. The Morgan fingerprint density at radius 3 is 2.63 bits per heavy atom. The van der Waals surface area contributed by atoms with Crippen LogP contribution >= 0.6 is 11.8 Å². The number of nitrogens with one attached hydrogen (secondary N) is 2. The van der Waals surface area contributed by atoms with Gasteiger partial charge in [-0.05, 0) is 32.9 Å². The highest BCUT2D eigenvalue weighted by molar-refractivity contribution is 7.98. The maximum absolute atomic E-state index is 12.0. The second kappa shape index (κ2) is 8.12. The molecule has 0 saturated heterocycles. The van der Waals surface area contributed by atoms with Gasteiger partial charge >= 0.3 is 0 Å². The van der Waals surface area contributed by atoms with Gasteiger partial charge in [-0.1, -0.05) is 19.3 Å². The molecule has 0 aromatic heterocycles. The Morgan fingerprint density at radius 2 is 2.05 bits per heavy atom. The fourth-order valence-corrected chi connectivity index (χ4v) is 3.12. The quantitative estimate of drug-likeness (QED) is 0.665. The third-order valence-electron chi connectivity index (χ3n) is 3.59. The summed E-state index contributed by atoms with van der Waals surface area (Å²) in [7, 11) is 0. The van der Waals surface area contributed by atoms with Gasteiger partial charge in [-0.3, -0.25) is 4.79 Å². The topological polar surface area (TPSA) is 61.4 Å². The third kappa shape index (κ3) is 6.63. The zero-order valence-electron chi connectivity index (χ0n) is 12.4. The summed E-state index contributed by atoms with van der Waals surface area (Å²) in [6, 6.07) is 0.0902. The molecule has 1 aliphatic carbocycles. The van der Waals surface area contributed by atoms with Gasteiger partial charge in [-0.15, -0.1) is 0 Å². The van der Waals surface area contributed by atoms with Gasteiger partial charge in [0.05, 0.1) is 11.6 Å². The van der Waals surface area contributed by atoms with E-state index < -0.39 is 5.60 Å². The van der Waals surface area contributed by atoms with Crippen molar-refractivity contribution in [2.45, 2.75) is 63.6 Å². The molecule has 5 heteroatoms. The van der Waals surface area contributed by atoms with Crippen LogP contribution in [0.5, 0.6) is 0 Å². The number of hydrogen-bond donors (Lipinski definition) is 3. The molecule has 0 heterocycles. The molecule has 19 heavy (non-hydrogen) atoms. The highest BCUT2D eigenvalue weighted by Gasteiger charge is 2.23. The minimum absolute atomic E-state index is 0.0480. The predicted octanol–water partition coefficient (Wildman–Crippen LogP) is 1.53. The SMILES string of the molecule is CSCC(C)(O)CNC(C)C(=O)NC1CCCCC1. The zero-order valence-corrected chi connectivity index (χ0v) is 13.2. The lowest BCUT2D eigenvalue weighted by molar-refractivity contribution is -0.123. The molecule has 3 N–H and O–H groups in total. The molecule has 1 rings (SSSR count). The largest absolute Gasteiger partial charge is 0.388 e. The fraction of sp³-hybridized carbons (Fsp3) is 0.929. The second-order valence-corrected chi connectivity index (χ2v) is 6.74. The van der Waals surface area contributed by atoms with Crippen LogP contribution in [0.3, 0.4) is 0 Å². The van der Waals surface area contributed by atoms with Gasteiger partial charge in [0.15, 0.2) is 0 Å². The minimum Gasteiger partial charge on any atom is -0.388 e. The van der Waals surface area contributed by atoms with Gasteiger partial charge in [-0.25, -0.2) is 0 Å². The first kappa shape index (κ1) is 16.8. The lowest BCUT2D eigenvalue weighted by atomic mass is 9.95. The predicted molar refractivity (Wildman–Crippen MR) is 81.5 cm³/mol. The van der Waals surface area contributed by atoms with Crippen LogP contribution in [0.25, 0.3) is 0 Å². The first-order valence-corrected chi connectivity index (χ1v) is 8.59. The summed E-state index contributed by atoms with van der Waals surface area (Å²) in [4.78, 5) is 12.0. The second-order valence-electron chi connectivity index (χ2n) is 5.88. The van der Waals surface area contributed by atoms with E-state index in [1.165, 1.54) is 19.3 Å². The Labute approximate surface area is 121 Å². The highest BCUT2D eigenvalue weighted by atomic mass is 32.2. The summed E-state index contributed by atoms with van der Waals surface area (Å²) in [5.41, 5.74) is -0.765. The molecule has 2 atom stereocenters. The van der Waals surface area contributed by atoms with Crippen molar-refractivity contribution in [3.63, 3.8) is 0 Å². The smallest absolute Gasteiger partial charge is 0.237 e. The maximum atomic E-state index is 12.0. The summed E-state index contributed by atoms with van der Waals surface area (Å²) in [6.45, 7) is 4.09. The van der Waals surface area contributed by atoms with Gasteiger partial charge < -0.3 is 15.7 Å². The van der Waals surface area contributed by atoms with Crippen molar-refractivity contribution in [2.75, 3.05) is 18.6 Å². The van der Waals surface area contributed by atoms with Crippen LogP contribution in [0.2, 0.25) is 0 Å². The normalized spacial score (nSPS) is 21.7. The molecule has 1 saturated carbocycles. The van der Waals surface area contributed by atoms with Crippen LogP contribution in [0, 0.1) is 0 Å². The molecule has 0 radical (unpaired) electrons. The standard InChI is InChI=1S/C14H28N2O2S/c1-11(15-9-14(2,18)10-19-3)13(17)16-12-7-5-4-6-8-12/h11-12,15,18H,4-10H2,1-3H3,(H,16,17). The summed E-state index contributed by atoms with van der Waals surface area (Å²) in [5, 5.41) is 16.3. The Morgan fingerprint density at radius 1 is 1.42 bits per heavy atom. The van der Waals surface area contributed by atoms with E-state index in [9.17, 15) is 9.90 Å². The van der Waals surface area contributed by atoms with Crippen LogP contribution in [0.1, 0.15) is 46.0 Å². The molecule has 0 aromatic rings. The van der Waals surface area contributed by atoms with Gasteiger partial charge in [-0.2, -0.15) is 11.8 Å². The first-order valence-electron chi connectivity index (χ1n) is 7.20. The van der Waals surface area contributed by atoms with Crippen molar-refractivity contribution in [1.82, 2.24) is 10.6 Å². The van der Waals surface area contributed by atoms with Crippen molar-refractivity contribution in [1.29, 1.82) is 0 Å². The average Bonchev–Trinajstić information content (AvgIpc) is 2.37. The van der Waals surface area contributed by atoms with Crippen LogP contribution in [0.15, 0.2) is 0 Å². The number of thioether (sulfide) groups is 1. The number of aliphatic hydroxyl groups is 1. The molecule has 112 valence electrons. The minimum atomic E-state index is -0.765. The van der Waals surface area contributed by atoms with E-state index in [2.05, 4.69) is 10.6 Å². The van der Waals surface area contributed by atoms with Gasteiger partial charge in [0, 0.05) is 18.3 Å². The Kier molecular flexibility index (Phi) is 7.18. The number of hydrogen-bond acceptors (Lipinski definition) is 4. The molecule has 1 aliphatic rings. The van der Waals surface area contributed by atoms with E-state index in [1.807, 2.05) is 13.2 Å². The molecule has 4 nitrogen and oxygen atoms in total. The molecule has 2 unspecified atom stereocenters. The number of carbonyl (C=O) groups is 1. The monoisotopic (exact) mass is 288 g/mol. The number of rotatable bonds is 7. The molecular formula is C14H28N2O2S. The number of carbonyl (C=O) groups excluding carboxylic acids is 1. The van der Waals surface area contributed by atoms with Crippen molar-refractivity contribution in [3.05, 3.63) is 0 Å². The van der Waals surface area contributed by atoms with Gasteiger partial charge in [0.25, 0.3) is 0 Å². The Bertz CT molecular complexity index is 279. The van der Waals surface area contributed by atoms with E-state index in [-0.39, 0.29) is 11.9 Å². The third-order valence-corrected chi connectivity index (χ3v) is 4.50. The summed E-state index contributed by atoms with van der Waals surface area (Å²) in [5.74, 6) is 0.712. The van der Waals surface area contributed by atoms with Crippen LogP contribution < -0.4 is 10.6 Å². The van der Waals surface area contributed by atoms with Crippen molar-refractivity contribution >= 4 is 17.7 Å². The zero-order chi connectivity index (χ0) is 14.3. The average molecular weight is 288 g/mol. The lowest BCUT2D eigenvalue weighted by Crippen LogP contribution is -2.51. The first-order chi connectivity index (χ1) is 8.94. The molecule has 0 aromatic carbocycles. The van der Waals surface area contributed by atoms with Crippen molar-refractivity contribution in [2.24, 2.45) is 0 Å². The molecule has 1 fully saturated rings.